The molecule has 116 valence electrons. The molecule has 2 amide bonds. The maximum atomic E-state index is 12.9. The van der Waals surface area contributed by atoms with Gasteiger partial charge >= 0.3 is 0 Å². The number of carbonyl (C=O) groups is 3. The van der Waals surface area contributed by atoms with Crippen LogP contribution in [0.3, 0.4) is 0 Å². The van der Waals surface area contributed by atoms with Crippen LogP contribution in [0.5, 0.6) is 0 Å². The summed E-state index contributed by atoms with van der Waals surface area (Å²) in [5, 5.41) is 10.8. The first kappa shape index (κ1) is 13.0. The number of hydrogen-bond donors (Lipinski definition) is 0. The molecule has 1 spiro atoms. The molecule has 1 saturated heterocycles. The molecule has 4 aliphatic rings. The summed E-state index contributed by atoms with van der Waals surface area (Å²) in [5.41, 5.74) is 0.668. The highest BCUT2D eigenvalue weighted by atomic mass is 16.4. The van der Waals surface area contributed by atoms with Gasteiger partial charge in [0, 0.05) is 0 Å². The molecule has 2 saturated carbocycles. The van der Waals surface area contributed by atoms with Crippen LogP contribution in [0.25, 0.3) is 0 Å². The van der Waals surface area contributed by atoms with Crippen LogP contribution < -0.4 is 10.0 Å². The van der Waals surface area contributed by atoms with Crippen LogP contribution >= 0.6 is 0 Å². The number of carboxylic acids is 1. The Labute approximate surface area is 132 Å². The number of fused-ring (bicyclic) bond motifs is 3. The number of imide groups is 1. The monoisotopic (exact) mass is 308 g/mol. The molecule has 0 unspecified atom stereocenters. The Morgan fingerprint density at radius 1 is 1.00 bits per heavy atom. The van der Waals surface area contributed by atoms with Crippen LogP contribution in [-0.2, 0) is 9.59 Å². The Balaban J connectivity index is 1.52. The number of aromatic carboxylic acids is 1. The molecular weight excluding hydrogens is 294 g/mol. The van der Waals surface area contributed by atoms with E-state index in [1.54, 1.807) is 0 Å². The molecule has 3 aliphatic carbocycles. The van der Waals surface area contributed by atoms with Gasteiger partial charge in [-0.05, 0) is 47.8 Å². The van der Waals surface area contributed by atoms with Crippen molar-refractivity contribution < 1.29 is 19.5 Å². The SMILES string of the molecule is O=C([O-])c1ccc(N2C(=O)[C@@H]3[C@@H](C2=O)[C@@H]2C=C[C@H]3C23CC3)cc1. The van der Waals surface area contributed by atoms with Crippen LogP contribution in [0.2, 0.25) is 0 Å². The highest BCUT2D eigenvalue weighted by molar-refractivity contribution is 6.23. The van der Waals surface area contributed by atoms with Gasteiger partial charge in [0.25, 0.3) is 0 Å². The van der Waals surface area contributed by atoms with Gasteiger partial charge < -0.3 is 9.90 Å². The summed E-state index contributed by atoms with van der Waals surface area (Å²) in [6, 6.07) is 5.75. The average molecular weight is 308 g/mol. The van der Waals surface area contributed by atoms with Crippen molar-refractivity contribution in [3.8, 4) is 0 Å². The van der Waals surface area contributed by atoms with Gasteiger partial charge in [0.2, 0.25) is 11.8 Å². The van der Waals surface area contributed by atoms with Gasteiger partial charge in [-0.3, -0.25) is 14.5 Å². The van der Waals surface area contributed by atoms with E-state index in [0.717, 1.165) is 12.8 Å². The Morgan fingerprint density at radius 2 is 1.52 bits per heavy atom. The molecule has 1 aromatic carbocycles. The van der Waals surface area contributed by atoms with Gasteiger partial charge in [-0.15, -0.1) is 0 Å². The second-order valence-corrected chi connectivity index (χ2v) is 7.07. The highest BCUT2D eigenvalue weighted by Gasteiger charge is 2.73. The van der Waals surface area contributed by atoms with E-state index in [2.05, 4.69) is 12.2 Å². The lowest BCUT2D eigenvalue weighted by Gasteiger charge is -2.22. The fourth-order valence-electron chi connectivity index (χ4n) is 5.08. The minimum Gasteiger partial charge on any atom is -0.545 e. The molecule has 1 aromatic rings. The zero-order chi connectivity index (χ0) is 15.9. The lowest BCUT2D eigenvalue weighted by molar-refractivity contribution is -0.255. The number of carbonyl (C=O) groups excluding carboxylic acids is 3. The second kappa shape index (κ2) is 3.91. The fraction of sp³-hybridized carbons (Fsp3) is 0.389. The summed E-state index contributed by atoms with van der Waals surface area (Å²) in [5.74, 6) is -1.62. The zero-order valence-electron chi connectivity index (χ0n) is 12.3. The molecule has 2 bridgehead atoms. The van der Waals surface area contributed by atoms with E-state index >= 15 is 0 Å². The number of amides is 2. The minimum absolute atomic E-state index is 0.0340. The van der Waals surface area contributed by atoms with Crippen LogP contribution in [-0.4, -0.2) is 17.8 Å². The fourth-order valence-corrected chi connectivity index (χ4v) is 5.08. The number of hydrogen-bond acceptors (Lipinski definition) is 4. The Bertz CT molecular complexity index is 756. The largest absolute Gasteiger partial charge is 0.545 e. The predicted molar refractivity (Wildman–Crippen MR) is 78.0 cm³/mol. The van der Waals surface area contributed by atoms with Gasteiger partial charge in [-0.25, -0.2) is 0 Å². The number of allylic oxidation sites excluding steroid dienone is 2. The first-order chi connectivity index (χ1) is 11.0. The third-order valence-electron chi connectivity index (χ3n) is 6.21. The molecule has 0 aromatic heterocycles. The Morgan fingerprint density at radius 3 is 1.96 bits per heavy atom. The summed E-state index contributed by atoms with van der Waals surface area (Å²) >= 11 is 0. The summed E-state index contributed by atoms with van der Waals surface area (Å²) < 4.78 is 0. The molecule has 4 atom stereocenters. The summed E-state index contributed by atoms with van der Waals surface area (Å²) in [6.07, 6.45) is 6.49. The third kappa shape index (κ3) is 1.41. The molecule has 3 fully saturated rings. The molecule has 1 heterocycles. The molecule has 23 heavy (non-hydrogen) atoms. The molecule has 5 rings (SSSR count). The number of benzene rings is 1. The topological polar surface area (TPSA) is 77.5 Å². The van der Waals surface area contributed by atoms with Crippen molar-refractivity contribution in [2.75, 3.05) is 4.90 Å². The van der Waals surface area contributed by atoms with E-state index in [9.17, 15) is 19.5 Å². The normalized spacial score (nSPS) is 35.2. The summed E-state index contributed by atoms with van der Waals surface area (Å²) in [7, 11) is 0. The lowest BCUT2D eigenvalue weighted by atomic mass is 9.85. The number of carboxylic acid groups (broad SMARTS) is 1. The first-order valence-electron chi connectivity index (χ1n) is 7.92. The number of rotatable bonds is 2. The Kier molecular flexibility index (Phi) is 2.22. The lowest BCUT2D eigenvalue weighted by Crippen LogP contribution is -2.34. The number of anilines is 1. The van der Waals surface area contributed by atoms with Crippen molar-refractivity contribution in [3.05, 3.63) is 42.0 Å². The predicted octanol–water partition coefficient (Wildman–Crippen LogP) is 0.752. The van der Waals surface area contributed by atoms with Crippen molar-refractivity contribution in [1.82, 2.24) is 0 Å². The van der Waals surface area contributed by atoms with Gasteiger partial charge in [-0.2, -0.15) is 0 Å². The van der Waals surface area contributed by atoms with Crippen LogP contribution in [0.15, 0.2) is 36.4 Å². The molecular formula is C18H14NO4-. The van der Waals surface area contributed by atoms with Gasteiger partial charge in [0.05, 0.1) is 23.5 Å². The molecule has 5 nitrogen and oxygen atoms in total. The van der Waals surface area contributed by atoms with Crippen LogP contribution in [0, 0.1) is 29.1 Å². The molecule has 0 radical (unpaired) electrons. The minimum atomic E-state index is -1.27. The van der Waals surface area contributed by atoms with Crippen molar-refractivity contribution in [1.29, 1.82) is 0 Å². The highest BCUT2D eigenvalue weighted by Crippen LogP contribution is 2.73. The summed E-state index contributed by atoms with van der Waals surface area (Å²) in [6.45, 7) is 0. The van der Waals surface area contributed by atoms with Crippen LogP contribution in [0.4, 0.5) is 5.69 Å². The van der Waals surface area contributed by atoms with Crippen molar-refractivity contribution >= 4 is 23.5 Å². The maximum absolute atomic E-state index is 12.9. The van der Waals surface area contributed by atoms with E-state index in [0.29, 0.717) is 5.69 Å². The van der Waals surface area contributed by atoms with Crippen molar-refractivity contribution in [3.63, 3.8) is 0 Å². The molecule has 5 heteroatoms. The van der Waals surface area contributed by atoms with E-state index < -0.39 is 5.97 Å². The zero-order valence-corrected chi connectivity index (χ0v) is 12.3. The van der Waals surface area contributed by atoms with Gasteiger partial charge in [0.1, 0.15) is 0 Å². The van der Waals surface area contributed by atoms with E-state index in [-0.39, 0.29) is 46.5 Å². The summed E-state index contributed by atoms with van der Waals surface area (Å²) in [4.78, 5) is 37.8. The van der Waals surface area contributed by atoms with Crippen molar-refractivity contribution in [2.24, 2.45) is 29.1 Å². The van der Waals surface area contributed by atoms with Gasteiger partial charge in [-0.1, -0.05) is 24.3 Å². The standard InChI is InChI=1S/C18H15NO4/c20-15-13-11-5-6-12(18(11)7-8-18)14(13)16(21)19(15)10-3-1-9(2-4-10)17(22)23/h1-6,11-14H,7-8H2,(H,22,23)/p-1/t11-,12+,13-,14-/m0/s1. The average Bonchev–Trinajstić information content (AvgIpc) is 3.13. The van der Waals surface area contributed by atoms with E-state index in [1.165, 1.54) is 29.2 Å². The smallest absolute Gasteiger partial charge is 0.238 e. The second-order valence-electron chi connectivity index (χ2n) is 7.07. The third-order valence-corrected chi connectivity index (χ3v) is 6.21. The maximum Gasteiger partial charge on any atom is 0.238 e. The van der Waals surface area contributed by atoms with E-state index in [1.807, 2.05) is 0 Å². The first-order valence-corrected chi connectivity index (χ1v) is 7.92. The number of nitrogens with zero attached hydrogens (tertiary/aromatic N) is 1. The molecule has 0 N–H and O–H groups in total. The van der Waals surface area contributed by atoms with Crippen LogP contribution in [0.1, 0.15) is 23.2 Å². The quantitative estimate of drug-likeness (QED) is 0.597. The van der Waals surface area contributed by atoms with Crippen molar-refractivity contribution in [2.45, 2.75) is 12.8 Å². The Hall–Kier alpha value is -2.43. The van der Waals surface area contributed by atoms with E-state index in [4.69, 9.17) is 0 Å². The van der Waals surface area contributed by atoms with Gasteiger partial charge in [0.15, 0.2) is 0 Å². The molecule has 1 aliphatic heterocycles.